The molecule has 6 heteroatoms. The number of aryl methyl sites for hydroxylation is 1. The van der Waals surface area contributed by atoms with E-state index in [1.165, 1.54) is 12.1 Å². The molecule has 3 N–H and O–H groups in total. The zero-order valence-electron chi connectivity index (χ0n) is 14.4. The number of hydrogen-bond donors (Lipinski definition) is 3. The van der Waals surface area contributed by atoms with Crippen LogP contribution in [0.2, 0.25) is 0 Å². The average molecular weight is 353 g/mol. The van der Waals surface area contributed by atoms with Crippen molar-refractivity contribution in [2.75, 3.05) is 0 Å². The summed E-state index contributed by atoms with van der Waals surface area (Å²) in [5.41, 5.74) is 2.64. The summed E-state index contributed by atoms with van der Waals surface area (Å²) < 4.78 is 13.5. The second-order valence-electron chi connectivity index (χ2n) is 6.91. The summed E-state index contributed by atoms with van der Waals surface area (Å²) in [5.74, 6) is -0.441. The van der Waals surface area contributed by atoms with Crippen LogP contribution in [0.5, 0.6) is 0 Å². The van der Waals surface area contributed by atoms with Gasteiger partial charge in [0.25, 0.3) is 5.91 Å². The van der Waals surface area contributed by atoms with Crippen LogP contribution >= 0.6 is 0 Å². The van der Waals surface area contributed by atoms with Gasteiger partial charge in [-0.3, -0.25) is 9.78 Å². The fraction of sp³-hybridized carbons (Fsp3) is 0.300. The third-order valence-electron chi connectivity index (χ3n) is 5.16. The molecule has 1 atom stereocenters. The Balaban J connectivity index is 1.63. The van der Waals surface area contributed by atoms with E-state index in [1.54, 1.807) is 19.2 Å². The SMILES string of the molecule is Cc1c(C(=O)NC(c2ccccn2)C2CC(O)C2)[nH]c2ccc(F)cc12. The number of aromatic nitrogens is 2. The van der Waals surface area contributed by atoms with Crippen LogP contribution < -0.4 is 5.32 Å². The van der Waals surface area contributed by atoms with Crippen LogP contribution in [0.4, 0.5) is 4.39 Å². The van der Waals surface area contributed by atoms with E-state index in [0.29, 0.717) is 29.5 Å². The normalized spacial score (nSPS) is 20.6. The number of aliphatic hydroxyl groups is 1. The van der Waals surface area contributed by atoms with Crippen molar-refractivity contribution in [2.45, 2.75) is 31.9 Å². The van der Waals surface area contributed by atoms with Crippen molar-refractivity contribution in [1.29, 1.82) is 0 Å². The second kappa shape index (κ2) is 6.53. The van der Waals surface area contributed by atoms with E-state index in [-0.39, 0.29) is 29.8 Å². The van der Waals surface area contributed by atoms with Crippen LogP contribution in [-0.2, 0) is 0 Å². The standard InChI is InChI=1S/C20H20FN3O2/c1-11-15-10-13(21)5-6-16(15)23-18(11)20(26)24-19(12-8-14(25)9-12)17-4-2-3-7-22-17/h2-7,10,12,14,19,23,25H,8-9H2,1H3,(H,24,26). The predicted octanol–water partition coefficient (Wildman–Crippen LogP) is 3.25. The number of nitrogens with zero attached hydrogens (tertiary/aromatic N) is 1. The van der Waals surface area contributed by atoms with E-state index in [1.807, 2.05) is 18.2 Å². The number of hydrogen-bond acceptors (Lipinski definition) is 3. The number of aromatic amines is 1. The predicted molar refractivity (Wildman–Crippen MR) is 96.2 cm³/mol. The Kier molecular flexibility index (Phi) is 4.20. The van der Waals surface area contributed by atoms with Gasteiger partial charge in [-0.25, -0.2) is 4.39 Å². The first kappa shape index (κ1) is 16.7. The highest BCUT2D eigenvalue weighted by atomic mass is 19.1. The molecule has 1 aliphatic rings. The van der Waals surface area contributed by atoms with Gasteiger partial charge in [-0.2, -0.15) is 0 Å². The number of halogens is 1. The van der Waals surface area contributed by atoms with E-state index in [2.05, 4.69) is 15.3 Å². The third-order valence-corrected chi connectivity index (χ3v) is 5.16. The molecular weight excluding hydrogens is 333 g/mol. The Bertz CT molecular complexity index is 948. The Morgan fingerprint density at radius 2 is 2.15 bits per heavy atom. The van der Waals surface area contributed by atoms with Crippen molar-refractivity contribution in [3.63, 3.8) is 0 Å². The molecule has 0 radical (unpaired) electrons. The number of carbonyl (C=O) groups excluding carboxylic acids is 1. The molecule has 0 bridgehead atoms. The van der Waals surface area contributed by atoms with E-state index in [4.69, 9.17) is 0 Å². The monoisotopic (exact) mass is 353 g/mol. The van der Waals surface area contributed by atoms with E-state index < -0.39 is 0 Å². The molecule has 0 aliphatic heterocycles. The van der Waals surface area contributed by atoms with E-state index in [9.17, 15) is 14.3 Å². The highest BCUT2D eigenvalue weighted by molar-refractivity contribution is 6.01. The van der Waals surface area contributed by atoms with Crippen LogP contribution in [-0.4, -0.2) is 27.1 Å². The van der Waals surface area contributed by atoms with Gasteiger partial charge in [0, 0.05) is 17.1 Å². The fourth-order valence-electron chi connectivity index (χ4n) is 3.63. The summed E-state index contributed by atoms with van der Waals surface area (Å²) in [6.07, 6.45) is 2.65. The first-order chi connectivity index (χ1) is 12.5. The molecule has 2 aromatic heterocycles. The zero-order valence-corrected chi connectivity index (χ0v) is 14.4. The number of aliphatic hydroxyl groups excluding tert-OH is 1. The number of pyridine rings is 1. The van der Waals surface area contributed by atoms with Crippen LogP contribution in [0.25, 0.3) is 10.9 Å². The Morgan fingerprint density at radius 3 is 2.85 bits per heavy atom. The third kappa shape index (κ3) is 2.97. The molecule has 0 saturated heterocycles. The minimum absolute atomic E-state index is 0.144. The van der Waals surface area contributed by atoms with Crippen molar-refractivity contribution >= 4 is 16.8 Å². The minimum Gasteiger partial charge on any atom is -0.393 e. The molecule has 4 rings (SSSR count). The van der Waals surface area contributed by atoms with Gasteiger partial charge in [0.15, 0.2) is 0 Å². The van der Waals surface area contributed by atoms with Gasteiger partial charge in [-0.1, -0.05) is 6.07 Å². The first-order valence-electron chi connectivity index (χ1n) is 8.70. The quantitative estimate of drug-likeness (QED) is 0.674. The molecular formula is C20H20FN3O2. The van der Waals surface area contributed by atoms with Crippen molar-refractivity contribution in [3.8, 4) is 0 Å². The van der Waals surface area contributed by atoms with Gasteiger partial charge in [0.05, 0.1) is 17.8 Å². The maximum absolute atomic E-state index is 13.5. The van der Waals surface area contributed by atoms with Crippen LogP contribution in [0.3, 0.4) is 0 Å². The smallest absolute Gasteiger partial charge is 0.268 e. The average Bonchev–Trinajstić information content (AvgIpc) is 2.94. The number of amides is 1. The molecule has 5 nitrogen and oxygen atoms in total. The molecule has 3 aromatic rings. The number of carbonyl (C=O) groups is 1. The van der Waals surface area contributed by atoms with Crippen molar-refractivity contribution in [1.82, 2.24) is 15.3 Å². The maximum atomic E-state index is 13.5. The van der Waals surface area contributed by atoms with Gasteiger partial charge >= 0.3 is 0 Å². The number of H-pyrrole nitrogens is 1. The van der Waals surface area contributed by atoms with Crippen molar-refractivity contribution < 1.29 is 14.3 Å². The summed E-state index contributed by atoms with van der Waals surface area (Å²) in [6, 6.07) is 9.75. The molecule has 0 spiro atoms. The van der Waals surface area contributed by atoms with Crippen molar-refractivity contribution in [3.05, 3.63) is 65.4 Å². The largest absolute Gasteiger partial charge is 0.393 e. The molecule has 1 aromatic carbocycles. The van der Waals surface area contributed by atoms with Gasteiger partial charge in [0.2, 0.25) is 0 Å². The Morgan fingerprint density at radius 1 is 1.35 bits per heavy atom. The molecule has 26 heavy (non-hydrogen) atoms. The van der Waals surface area contributed by atoms with Crippen LogP contribution in [0.1, 0.15) is 40.6 Å². The molecule has 134 valence electrons. The molecule has 1 unspecified atom stereocenters. The number of benzene rings is 1. The lowest BCUT2D eigenvalue weighted by Gasteiger charge is -2.37. The number of fused-ring (bicyclic) bond motifs is 1. The lowest BCUT2D eigenvalue weighted by molar-refractivity contribution is 0.0227. The minimum atomic E-state index is -0.332. The Labute approximate surface area is 150 Å². The number of nitrogens with one attached hydrogen (secondary N) is 2. The molecule has 1 amide bonds. The van der Waals surface area contributed by atoms with Gasteiger partial charge in [-0.05, 0) is 61.6 Å². The second-order valence-corrected chi connectivity index (χ2v) is 6.91. The maximum Gasteiger partial charge on any atom is 0.268 e. The van der Waals surface area contributed by atoms with E-state index in [0.717, 1.165) is 11.2 Å². The van der Waals surface area contributed by atoms with Crippen LogP contribution in [0.15, 0.2) is 42.6 Å². The summed E-state index contributed by atoms with van der Waals surface area (Å²) >= 11 is 0. The molecule has 1 saturated carbocycles. The van der Waals surface area contributed by atoms with Gasteiger partial charge in [-0.15, -0.1) is 0 Å². The van der Waals surface area contributed by atoms with E-state index >= 15 is 0 Å². The van der Waals surface area contributed by atoms with Crippen molar-refractivity contribution in [2.24, 2.45) is 5.92 Å². The van der Waals surface area contributed by atoms with Gasteiger partial charge in [0.1, 0.15) is 11.5 Å². The highest BCUT2D eigenvalue weighted by Gasteiger charge is 2.36. The molecule has 1 aliphatic carbocycles. The van der Waals surface area contributed by atoms with Gasteiger partial charge < -0.3 is 15.4 Å². The molecule has 2 heterocycles. The topological polar surface area (TPSA) is 78.0 Å². The Hall–Kier alpha value is -2.73. The summed E-state index contributed by atoms with van der Waals surface area (Å²) in [4.78, 5) is 20.4. The first-order valence-corrected chi connectivity index (χ1v) is 8.70. The fourth-order valence-corrected chi connectivity index (χ4v) is 3.63. The zero-order chi connectivity index (χ0) is 18.3. The van der Waals surface area contributed by atoms with Crippen LogP contribution in [0, 0.1) is 18.7 Å². The number of rotatable bonds is 4. The summed E-state index contributed by atoms with van der Waals surface area (Å²) in [5, 5.41) is 13.4. The summed E-state index contributed by atoms with van der Waals surface area (Å²) in [7, 11) is 0. The summed E-state index contributed by atoms with van der Waals surface area (Å²) in [6.45, 7) is 1.80. The molecule has 1 fully saturated rings. The highest BCUT2D eigenvalue weighted by Crippen LogP contribution is 2.37. The lowest BCUT2D eigenvalue weighted by Crippen LogP contribution is -2.42. The lowest BCUT2D eigenvalue weighted by atomic mass is 9.76.